The lowest BCUT2D eigenvalue weighted by Gasteiger charge is -2.40. The van der Waals surface area contributed by atoms with Crippen LogP contribution in [-0.4, -0.2) is 64.2 Å². The maximum atomic E-state index is 14.1. The average Bonchev–Trinajstić information content (AvgIpc) is 2.61. The highest BCUT2D eigenvalue weighted by atomic mass is 19.4. The van der Waals surface area contributed by atoms with Crippen LogP contribution in [0.25, 0.3) is 0 Å². The second-order valence-electron chi connectivity index (χ2n) is 7.17. The number of rotatable bonds is 4. The van der Waals surface area contributed by atoms with Gasteiger partial charge in [-0.25, -0.2) is 4.39 Å². The molecular formula is C19H24F4N2O3. The van der Waals surface area contributed by atoms with E-state index >= 15 is 0 Å². The lowest BCUT2D eigenvalue weighted by Crippen LogP contribution is -2.58. The molecule has 1 aromatic carbocycles. The number of amides is 2. The minimum Gasteiger partial charge on any atom is -0.373 e. The van der Waals surface area contributed by atoms with Crippen LogP contribution in [0.2, 0.25) is 0 Å². The van der Waals surface area contributed by atoms with Crippen molar-refractivity contribution in [1.29, 1.82) is 0 Å². The normalized spacial score (nSPS) is 17.9. The first-order valence-electron chi connectivity index (χ1n) is 9.05. The molecule has 28 heavy (non-hydrogen) atoms. The van der Waals surface area contributed by atoms with Crippen LogP contribution in [0.3, 0.4) is 0 Å². The van der Waals surface area contributed by atoms with Crippen molar-refractivity contribution < 1.29 is 32.3 Å². The number of carbonyl (C=O) groups excluding carboxylic acids is 2. The Bertz CT molecular complexity index is 741. The summed E-state index contributed by atoms with van der Waals surface area (Å²) in [6, 6.07) is 3.97. The summed E-state index contributed by atoms with van der Waals surface area (Å²) in [5.41, 5.74) is -2.84. The Morgan fingerprint density at radius 1 is 1.25 bits per heavy atom. The molecule has 0 aromatic heterocycles. The van der Waals surface area contributed by atoms with Crippen molar-refractivity contribution in [3.05, 3.63) is 35.1 Å². The summed E-state index contributed by atoms with van der Waals surface area (Å²) in [5, 5.41) is 9.56. The topological polar surface area (TPSA) is 60.9 Å². The van der Waals surface area contributed by atoms with Gasteiger partial charge in [0.05, 0.1) is 5.56 Å². The number of aryl methyl sites for hydroxylation is 1. The third-order valence-corrected chi connectivity index (χ3v) is 5.12. The molecule has 1 N–H and O–H groups in total. The molecule has 1 aliphatic heterocycles. The third kappa shape index (κ3) is 4.29. The molecule has 156 valence electrons. The molecule has 0 bridgehead atoms. The van der Waals surface area contributed by atoms with E-state index in [1.54, 1.807) is 19.9 Å². The largest absolute Gasteiger partial charge is 0.426 e. The predicted octanol–water partition coefficient (Wildman–Crippen LogP) is 2.90. The van der Waals surface area contributed by atoms with E-state index in [1.165, 1.54) is 17.0 Å². The van der Waals surface area contributed by atoms with Crippen LogP contribution in [0.1, 0.15) is 42.6 Å². The van der Waals surface area contributed by atoms with E-state index < -0.39 is 29.4 Å². The Kier molecular flexibility index (Phi) is 6.37. The second kappa shape index (κ2) is 8.06. The Hall–Kier alpha value is -2.16. The highest BCUT2D eigenvalue weighted by molar-refractivity contribution is 5.94. The summed E-state index contributed by atoms with van der Waals surface area (Å²) < 4.78 is 52.8. The summed E-state index contributed by atoms with van der Waals surface area (Å²) >= 11 is 0. The van der Waals surface area contributed by atoms with Gasteiger partial charge in [-0.05, 0) is 51.3 Å². The highest BCUT2D eigenvalue weighted by Crippen LogP contribution is 2.32. The minimum absolute atomic E-state index is 0.0319. The molecule has 1 saturated heterocycles. The zero-order valence-electron chi connectivity index (χ0n) is 16.0. The van der Waals surface area contributed by atoms with E-state index in [9.17, 15) is 32.3 Å². The first-order valence-corrected chi connectivity index (χ1v) is 9.05. The van der Waals surface area contributed by atoms with Gasteiger partial charge < -0.3 is 14.9 Å². The fourth-order valence-electron chi connectivity index (χ4n) is 3.33. The van der Waals surface area contributed by atoms with Crippen molar-refractivity contribution in [3.8, 4) is 0 Å². The van der Waals surface area contributed by atoms with Crippen molar-refractivity contribution >= 4 is 11.8 Å². The standard InChI is InChI=1S/C19H24F4N2O3/c1-4-25(16(26)14-6-5-12(2)11-15(14)20)13-7-9-24(10-8-13)17(27)18(3,28)19(21,22)23/h5-6,11,13,28H,4,7-10H2,1-3H3. The Labute approximate surface area is 160 Å². The number of carbonyl (C=O) groups is 2. The molecule has 2 rings (SSSR count). The molecule has 1 unspecified atom stereocenters. The van der Waals surface area contributed by atoms with Crippen molar-refractivity contribution in [2.45, 2.75) is 51.4 Å². The zero-order chi connectivity index (χ0) is 21.3. The summed E-state index contributed by atoms with van der Waals surface area (Å²) in [7, 11) is 0. The van der Waals surface area contributed by atoms with Crippen LogP contribution < -0.4 is 0 Å². The fourth-order valence-corrected chi connectivity index (χ4v) is 3.33. The van der Waals surface area contributed by atoms with Gasteiger partial charge in [0.25, 0.3) is 11.8 Å². The van der Waals surface area contributed by atoms with Crippen LogP contribution in [-0.2, 0) is 4.79 Å². The van der Waals surface area contributed by atoms with Crippen molar-refractivity contribution in [2.75, 3.05) is 19.6 Å². The van der Waals surface area contributed by atoms with Gasteiger partial charge in [0.1, 0.15) is 5.82 Å². The monoisotopic (exact) mass is 404 g/mol. The molecule has 1 heterocycles. The lowest BCUT2D eigenvalue weighted by molar-refractivity contribution is -0.250. The van der Waals surface area contributed by atoms with Gasteiger partial charge >= 0.3 is 6.18 Å². The van der Waals surface area contributed by atoms with E-state index in [1.807, 2.05) is 0 Å². The van der Waals surface area contributed by atoms with Crippen molar-refractivity contribution in [3.63, 3.8) is 0 Å². The number of piperidine rings is 1. The molecule has 0 saturated carbocycles. The van der Waals surface area contributed by atoms with Gasteiger partial charge in [-0.3, -0.25) is 9.59 Å². The molecule has 0 spiro atoms. The van der Waals surface area contributed by atoms with Gasteiger partial charge in [-0.1, -0.05) is 6.07 Å². The quantitative estimate of drug-likeness (QED) is 0.785. The van der Waals surface area contributed by atoms with E-state index in [-0.39, 0.29) is 37.5 Å². The summed E-state index contributed by atoms with van der Waals surface area (Å²) in [5.74, 6) is -2.53. The highest BCUT2D eigenvalue weighted by Gasteiger charge is 2.57. The van der Waals surface area contributed by atoms with Gasteiger partial charge in [0, 0.05) is 25.7 Å². The second-order valence-corrected chi connectivity index (χ2v) is 7.17. The minimum atomic E-state index is -5.07. The van der Waals surface area contributed by atoms with Gasteiger partial charge in [-0.15, -0.1) is 0 Å². The molecule has 1 fully saturated rings. The smallest absolute Gasteiger partial charge is 0.373 e. The lowest BCUT2D eigenvalue weighted by atomic mass is 9.98. The molecule has 0 radical (unpaired) electrons. The molecule has 5 nitrogen and oxygen atoms in total. The Morgan fingerprint density at radius 3 is 2.29 bits per heavy atom. The maximum Gasteiger partial charge on any atom is 0.426 e. The number of alkyl halides is 3. The molecule has 1 atom stereocenters. The van der Waals surface area contributed by atoms with E-state index in [0.29, 0.717) is 19.0 Å². The van der Waals surface area contributed by atoms with Crippen LogP contribution in [0, 0.1) is 12.7 Å². The van der Waals surface area contributed by atoms with Crippen LogP contribution in [0.15, 0.2) is 18.2 Å². The van der Waals surface area contributed by atoms with Crippen LogP contribution >= 0.6 is 0 Å². The maximum absolute atomic E-state index is 14.1. The van der Waals surface area contributed by atoms with Crippen molar-refractivity contribution in [1.82, 2.24) is 9.80 Å². The number of halogens is 4. The SMILES string of the molecule is CCN(C(=O)c1ccc(C)cc1F)C1CCN(C(=O)C(C)(O)C(F)(F)F)CC1. The molecule has 9 heteroatoms. The van der Waals surface area contributed by atoms with Gasteiger partial charge in [0.2, 0.25) is 5.60 Å². The van der Waals surface area contributed by atoms with E-state index in [0.717, 1.165) is 4.90 Å². The van der Waals surface area contributed by atoms with Crippen molar-refractivity contribution in [2.24, 2.45) is 0 Å². The number of likely N-dealkylation sites (tertiary alicyclic amines) is 1. The predicted molar refractivity (Wildman–Crippen MR) is 94.1 cm³/mol. The number of nitrogens with zero attached hydrogens (tertiary/aromatic N) is 2. The molecule has 1 aliphatic rings. The molecular weight excluding hydrogens is 380 g/mol. The molecule has 1 aromatic rings. The first-order chi connectivity index (χ1) is 12.9. The molecule has 0 aliphatic carbocycles. The van der Waals surface area contributed by atoms with Crippen LogP contribution in [0.5, 0.6) is 0 Å². The Balaban J connectivity index is 2.08. The zero-order valence-corrected chi connectivity index (χ0v) is 16.0. The molecule has 2 amide bonds. The third-order valence-electron chi connectivity index (χ3n) is 5.12. The summed E-state index contributed by atoms with van der Waals surface area (Å²) in [4.78, 5) is 27.2. The summed E-state index contributed by atoms with van der Waals surface area (Å²) in [6.45, 7) is 4.10. The van der Waals surface area contributed by atoms with Gasteiger partial charge in [0.15, 0.2) is 0 Å². The first kappa shape index (κ1) is 22.1. The van der Waals surface area contributed by atoms with E-state index in [4.69, 9.17) is 0 Å². The number of aliphatic hydroxyl groups is 1. The average molecular weight is 404 g/mol. The number of hydrogen-bond acceptors (Lipinski definition) is 3. The Morgan fingerprint density at radius 2 is 1.82 bits per heavy atom. The van der Waals surface area contributed by atoms with Crippen LogP contribution in [0.4, 0.5) is 17.6 Å². The number of hydrogen-bond donors (Lipinski definition) is 1. The van der Waals surface area contributed by atoms with Gasteiger partial charge in [-0.2, -0.15) is 13.2 Å². The van der Waals surface area contributed by atoms with E-state index in [2.05, 4.69) is 0 Å². The number of benzene rings is 1. The fraction of sp³-hybridized carbons (Fsp3) is 0.579. The summed E-state index contributed by atoms with van der Waals surface area (Å²) in [6.07, 6.45) is -4.59.